The van der Waals surface area contributed by atoms with E-state index in [9.17, 15) is 19.1 Å². The Balaban J connectivity index is 3.22. The minimum absolute atomic E-state index is 0.0218. The molecule has 1 rings (SSSR count). The third kappa shape index (κ3) is 3.10. The molecular formula is C14H16ClFO4. The highest BCUT2D eigenvalue weighted by molar-refractivity contribution is 6.31. The van der Waals surface area contributed by atoms with Crippen molar-refractivity contribution < 1.29 is 23.8 Å². The van der Waals surface area contributed by atoms with Crippen LogP contribution in [0.25, 0.3) is 0 Å². The standard InChI is InChI=1S/C14H16ClFO4/c1-3-14(12(17)18,13(19)20-4-2)8-9-6-5-7-10(16)11(9)15/h5-7H,3-4,8H2,1-2H3,(H,17,18). The molecule has 20 heavy (non-hydrogen) atoms. The average molecular weight is 303 g/mol. The van der Waals surface area contributed by atoms with Gasteiger partial charge in [-0.3, -0.25) is 9.59 Å². The lowest BCUT2D eigenvalue weighted by Gasteiger charge is -2.26. The number of aliphatic carboxylic acids is 1. The fourth-order valence-corrected chi connectivity index (χ4v) is 2.13. The van der Waals surface area contributed by atoms with E-state index >= 15 is 0 Å². The summed E-state index contributed by atoms with van der Waals surface area (Å²) >= 11 is 5.82. The molecule has 0 aliphatic rings. The van der Waals surface area contributed by atoms with Gasteiger partial charge in [0.25, 0.3) is 0 Å². The summed E-state index contributed by atoms with van der Waals surface area (Å²) in [5, 5.41) is 9.23. The third-order valence-corrected chi connectivity index (χ3v) is 3.63. The molecule has 0 spiro atoms. The Hall–Kier alpha value is -1.62. The molecule has 0 amide bonds. The topological polar surface area (TPSA) is 63.6 Å². The second-order valence-electron chi connectivity index (χ2n) is 4.35. The van der Waals surface area contributed by atoms with Crippen LogP contribution in [0.5, 0.6) is 0 Å². The van der Waals surface area contributed by atoms with Crippen molar-refractivity contribution in [2.75, 3.05) is 6.61 Å². The summed E-state index contributed by atoms with van der Waals surface area (Å²) in [7, 11) is 0. The third-order valence-electron chi connectivity index (χ3n) is 3.20. The van der Waals surface area contributed by atoms with E-state index in [1.54, 1.807) is 13.8 Å². The second-order valence-corrected chi connectivity index (χ2v) is 4.73. The number of esters is 1. The molecule has 1 atom stereocenters. The van der Waals surface area contributed by atoms with Crippen LogP contribution < -0.4 is 0 Å². The Kier molecular flexibility index (Phi) is 5.51. The predicted octanol–water partition coefficient (Wildman–Crippen LogP) is 3.07. The monoisotopic (exact) mass is 302 g/mol. The minimum Gasteiger partial charge on any atom is -0.480 e. The summed E-state index contributed by atoms with van der Waals surface area (Å²) in [4.78, 5) is 23.5. The van der Waals surface area contributed by atoms with E-state index in [1.807, 2.05) is 0 Å². The number of carbonyl (C=O) groups excluding carboxylic acids is 1. The van der Waals surface area contributed by atoms with Crippen LogP contribution in [0.3, 0.4) is 0 Å². The molecule has 4 nitrogen and oxygen atoms in total. The number of rotatable bonds is 6. The Labute approximate surface area is 121 Å². The maximum absolute atomic E-state index is 13.4. The lowest BCUT2D eigenvalue weighted by molar-refractivity contribution is -0.168. The minimum atomic E-state index is -1.76. The highest BCUT2D eigenvalue weighted by Gasteiger charge is 2.46. The fraction of sp³-hybridized carbons (Fsp3) is 0.429. The van der Waals surface area contributed by atoms with Crippen LogP contribution in [0.15, 0.2) is 18.2 Å². The SMILES string of the molecule is CCOC(=O)C(CC)(Cc1cccc(F)c1Cl)C(=O)O. The largest absolute Gasteiger partial charge is 0.480 e. The van der Waals surface area contributed by atoms with Crippen LogP contribution in [0.2, 0.25) is 5.02 Å². The van der Waals surface area contributed by atoms with Crippen molar-refractivity contribution in [2.45, 2.75) is 26.7 Å². The molecule has 0 aromatic heterocycles. The fourth-order valence-electron chi connectivity index (χ4n) is 1.94. The number of carboxylic acid groups (broad SMARTS) is 1. The molecule has 0 saturated carbocycles. The van der Waals surface area contributed by atoms with Crippen LogP contribution in [0.1, 0.15) is 25.8 Å². The summed E-state index contributed by atoms with van der Waals surface area (Å²) in [5.74, 6) is -2.79. The lowest BCUT2D eigenvalue weighted by Crippen LogP contribution is -2.42. The number of ether oxygens (including phenoxy) is 1. The maximum Gasteiger partial charge on any atom is 0.323 e. The zero-order valence-corrected chi connectivity index (χ0v) is 12.0. The molecule has 0 saturated heterocycles. The number of halogens is 2. The van der Waals surface area contributed by atoms with Gasteiger partial charge in [0.2, 0.25) is 0 Å². The molecule has 1 aromatic rings. The Morgan fingerprint density at radius 2 is 2.05 bits per heavy atom. The van der Waals surface area contributed by atoms with Gasteiger partial charge in [0.05, 0.1) is 11.6 Å². The normalized spacial score (nSPS) is 13.6. The lowest BCUT2D eigenvalue weighted by atomic mass is 9.79. The highest BCUT2D eigenvalue weighted by Crippen LogP contribution is 2.33. The number of benzene rings is 1. The first-order valence-electron chi connectivity index (χ1n) is 6.22. The first kappa shape index (κ1) is 16.4. The van der Waals surface area contributed by atoms with Crippen molar-refractivity contribution in [1.82, 2.24) is 0 Å². The van der Waals surface area contributed by atoms with Gasteiger partial charge < -0.3 is 9.84 Å². The van der Waals surface area contributed by atoms with Crippen LogP contribution in [0.4, 0.5) is 4.39 Å². The van der Waals surface area contributed by atoms with Gasteiger partial charge in [-0.2, -0.15) is 0 Å². The summed E-state index contributed by atoms with van der Waals surface area (Å²) in [6.45, 7) is 3.23. The van der Waals surface area contributed by atoms with Gasteiger partial charge in [-0.05, 0) is 25.0 Å². The Morgan fingerprint density at radius 3 is 2.55 bits per heavy atom. The van der Waals surface area contributed by atoms with E-state index in [2.05, 4.69) is 0 Å². The smallest absolute Gasteiger partial charge is 0.323 e. The molecule has 0 aliphatic carbocycles. The van der Waals surface area contributed by atoms with Gasteiger partial charge in [0.1, 0.15) is 5.82 Å². The highest BCUT2D eigenvalue weighted by atomic mass is 35.5. The number of hydrogen-bond acceptors (Lipinski definition) is 3. The van der Waals surface area contributed by atoms with Gasteiger partial charge in [0.15, 0.2) is 5.41 Å². The molecule has 1 aromatic carbocycles. The predicted molar refractivity (Wildman–Crippen MR) is 72.1 cm³/mol. The van der Waals surface area contributed by atoms with E-state index in [0.717, 1.165) is 0 Å². The number of hydrogen-bond donors (Lipinski definition) is 1. The van der Waals surface area contributed by atoms with Crippen molar-refractivity contribution in [1.29, 1.82) is 0 Å². The summed E-state index contributed by atoms with van der Waals surface area (Å²) in [6, 6.07) is 4.09. The van der Waals surface area contributed by atoms with Crippen LogP contribution in [0, 0.1) is 11.2 Å². The summed E-state index contributed by atoms with van der Waals surface area (Å²) < 4.78 is 18.3. The molecule has 0 fully saturated rings. The first-order chi connectivity index (χ1) is 9.39. The molecule has 0 radical (unpaired) electrons. The quantitative estimate of drug-likeness (QED) is 0.648. The van der Waals surface area contributed by atoms with E-state index in [-0.39, 0.29) is 30.0 Å². The van der Waals surface area contributed by atoms with E-state index in [4.69, 9.17) is 16.3 Å². The maximum atomic E-state index is 13.4. The molecule has 6 heteroatoms. The van der Waals surface area contributed by atoms with Crippen molar-refractivity contribution in [3.05, 3.63) is 34.6 Å². The van der Waals surface area contributed by atoms with Gasteiger partial charge in [-0.1, -0.05) is 30.7 Å². The molecule has 1 unspecified atom stereocenters. The molecule has 0 bridgehead atoms. The van der Waals surface area contributed by atoms with Crippen LogP contribution in [-0.2, 0) is 20.7 Å². The van der Waals surface area contributed by atoms with Crippen molar-refractivity contribution in [2.24, 2.45) is 5.41 Å². The summed E-state index contributed by atoms with van der Waals surface area (Å²) in [5.41, 5.74) is -1.49. The van der Waals surface area contributed by atoms with Gasteiger partial charge >= 0.3 is 11.9 Å². The van der Waals surface area contributed by atoms with Gasteiger partial charge in [0, 0.05) is 6.42 Å². The summed E-state index contributed by atoms with van der Waals surface area (Å²) in [6.07, 6.45) is -0.192. The second kappa shape index (κ2) is 6.70. The van der Waals surface area contributed by atoms with Gasteiger partial charge in [-0.25, -0.2) is 4.39 Å². The van der Waals surface area contributed by atoms with Crippen molar-refractivity contribution in [3.8, 4) is 0 Å². The van der Waals surface area contributed by atoms with Crippen LogP contribution in [-0.4, -0.2) is 23.7 Å². The number of carbonyl (C=O) groups is 2. The van der Waals surface area contributed by atoms with Crippen molar-refractivity contribution in [3.63, 3.8) is 0 Å². The zero-order chi connectivity index (χ0) is 15.3. The molecule has 0 heterocycles. The van der Waals surface area contributed by atoms with Crippen molar-refractivity contribution >= 4 is 23.5 Å². The van der Waals surface area contributed by atoms with E-state index in [1.165, 1.54) is 18.2 Å². The Bertz CT molecular complexity index is 518. The molecular weight excluding hydrogens is 287 g/mol. The van der Waals surface area contributed by atoms with Crippen LogP contribution >= 0.6 is 11.6 Å². The molecule has 1 N–H and O–H groups in total. The van der Waals surface area contributed by atoms with E-state index in [0.29, 0.717) is 0 Å². The number of carboxylic acids is 1. The molecule has 110 valence electrons. The average Bonchev–Trinajstić information content (AvgIpc) is 2.40. The first-order valence-corrected chi connectivity index (χ1v) is 6.60. The molecule has 0 aliphatic heterocycles. The van der Waals surface area contributed by atoms with Gasteiger partial charge in [-0.15, -0.1) is 0 Å². The van der Waals surface area contributed by atoms with E-state index < -0.39 is 23.2 Å². The Morgan fingerprint density at radius 1 is 1.40 bits per heavy atom. The zero-order valence-electron chi connectivity index (χ0n) is 11.3.